The van der Waals surface area contributed by atoms with Crippen molar-refractivity contribution < 1.29 is 19.1 Å². The molecule has 4 nitrogen and oxygen atoms in total. The van der Waals surface area contributed by atoms with E-state index in [0.717, 1.165) is 17.3 Å². The van der Waals surface area contributed by atoms with Crippen LogP contribution in [-0.4, -0.2) is 22.7 Å². The molecule has 0 atom stereocenters. The molecule has 0 aromatic heterocycles. The van der Waals surface area contributed by atoms with E-state index in [4.69, 9.17) is 0 Å². The predicted octanol–water partition coefficient (Wildman–Crippen LogP) is 3.93. The van der Waals surface area contributed by atoms with Crippen molar-refractivity contribution in [2.24, 2.45) is 0 Å². The van der Waals surface area contributed by atoms with E-state index in [-0.39, 0.29) is 16.6 Å². The summed E-state index contributed by atoms with van der Waals surface area (Å²) >= 11 is 0.915. The van der Waals surface area contributed by atoms with Gasteiger partial charge in [0.25, 0.3) is 0 Å². The SMILES string of the molecule is Cc1ccc(NC(=O)CS/C(=C/c2ccc(F)cc2)C(=O)O)cc1. The van der Waals surface area contributed by atoms with E-state index < -0.39 is 11.8 Å². The number of carbonyl (C=O) groups excluding carboxylic acids is 1. The number of hydrogen-bond acceptors (Lipinski definition) is 3. The largest absolute Gasteiger partial charge is 0.477 e. The molecule has 124 valence electrons. The number of aliphatic carboxylic acids is 1. The first-order valence-corrected chi connectivity index (χ1v) is 8.12. The summed E-state index contributed by atoms with van der Waals surface area (Å²) in [5.41, 5.74) is 2.30. The third kappa shape index (κ3) is 5.55. The summed E-state index contributed by atoms with van der Waals surface area (Å²) in [7, 11) is 0. The van der Waals surface area contributed by atoms with E-state index in [9.17, 15) is 19.1 Å². The highest BCUT2D eigenvalue weighted by Crippen LogP contribution is 2.20. The summed E-state index contributed by atoms with van der Waals surface area (Å²) in [6.45, 7) is 1.95. The number of carboxylic acids is 1. The minimum absolute atomic E-state index is 0.0145. The van der Waals surface area contributed by atoms with Crippen molar-refractivity contribution in [1.82, 2.24) is 0 Å². The molecule has 0 aliphatic carbocycles. The maximum absolute atomic E-state index is 12.9. The summed E-state index contributed by atoms with van der Waals surface area (Å²) in [6, 6.07) is 12.8. The average molecular weight is 345 g/mol. The molecule has 24 heavy (non-hydrogen) atoms. The Morgan fingerprint density at radius 1 is 1.12 bits per heavy atom. The predicted molar refractivity (Wildman–Crippen MR) is 94.3 cm³/mol. The lowest BCUT2D eigenvalue weighted by atomic mass is 10.2. The summed E-state index contributed by atoms with van der Waals surface area (Å²) in [5, 5.41) is 11.9. The van der Waals surface area contributed by atoms with Gasteiger partial charge in [0.15, 0.2) is 0 Å². The molecule has 0 fully saturated rings. The highest BCUT2D eigenvalue weighted by molar-refractivity contribution is 8.04. The van der Waals surface area contributed by atoms with E-state index >= 15 is 0 Å². The van der Waals surface area contributed by atoms with Crippen molar-refractivity contribution in [2.45, 2.75) is 6.92 Å². The topological polar surface area (TPSA) is 66.4 Å². The molecule has 0 radical (unpaired) electrons. The fourth-order valence-electron chi connectivity index (χ4n) is 1.85. The van der Waals surface area contributed by atoms with Gasteiger partial charge in [0.05, 0.1) is 10.7 Å². The zero-order chi connectivity index (χ0) is 17.5. The number of carboxylic acid groups (broad SMARTS) is 1. The normalized spacial score (nSPS) is 11.2. The standard InChI is InChI=1S/C18H16FNO3S/c1-12-2-8-15(9-3-12)20-17(21)11-24-16(18(22)23)10-13-4-6-14(19)7-5-13/h2-10H,11H2,1H3,(H,20,21)(H,22,23)/b16-10+. The Hall–Kier alpha value is -2.60. The van der Waals surface area contributed by atoms with Crippen LogP contribution in [0.2, 0.25) is 0 Å². The molecule has 0 aliphatic heterocycles. The molecular weight excluding hydrogens is 329 g/mol. The fraction of sp³-hybridized carbons (Fsp3) is 0.111. The van der Waals surface area contributed by atoms with Gasteiger partial charge >= 0.3 is 5.97 Å². The number of thioether (sulfide) groups is 1. The van der Waals surface area contributed by atoms with Gasteiger partial charge in [0, 0.05) is 5.69 Å². The average Bonchev–Trinajstić information content (AvgIpc) is 2.55. The van der Waals surface area contributed by atoms with E-state index in [0.29, 0.717) is 11.3 Å². The Labute approximate surface area is 143 Å². The van der Waals surface area contributed by atoms with E-state index in [1.807, 2.05) is 19.1 Å². The van der Waals surface area contributed by atoms with Crippen LogP contribution in [-0.2, 0) is 9.59 Å². The maximum atomic E-state index is 12.9. The van der Waals surface area contributed by atoms with Crippen LogP contribution in [0.15, 0.2) is 53.4 Å². The van der Waals surface area contributed by atoms with E-state index in [1.54, 1.807) is 12.1 Å². The lowest BCUT2D eigenvalue weighted by molar-refractivity contribution is -0.131. The van der Waals surface area contributed by atoms with E-state index in [2.05, 4.69) is 5.32 Å². The van der Waals surface area contributed by atoms with Gasteiger partial charge < -0.3 is 10.4 Å². The van der Waals surface area contributed by atoms with Crippen LogP contribution in [0.25, 0.3) is 6.08 Å². The molecule has 0 aliphatic rings. The van der Waals surface area contributed by atoms with Crippen molar-refractivity contribution in [3.05, 3.63) is 70.4 Å². The molecule has 2 aromatic rings. The van der Waals surface area contributed by atoms with Crippen LogP contribution in [0.1, 0.15) is 11.1 Å². The third-order valence-electron chi connectivity index (χ3n) is 3.07. The summed E-state index contributed by atoms with van der Waals surface area (Å²) in [5.74, 6) is -1.86. The van der Waals surface area contributed by atoms with Crippen molar-refractivity contribution in [3.63, 3.8) is 0 Å². The van der Waals surface area contributed by atoms with Crippen LogP contribution < -0.4 is 5.32 Å². The van der Waals surface area contributed by atoms with Gasteiger partial charge in [0.1, 0.15) is 5.82 Å². The van der Waals surface area contributed by atoms with Gasteiger partial charge in [-0.25, -0.2) is 9.18 Å². The molecule has 0 saturated carbocycles. The van der Waals surface area contributed by atoms with Crippen LogP contribution in [0.5, 0.6) is 0 Å². The van der Waals surface area contributed by atoms with Gasteiger partial charge in [-0.2, -0.15) is 0 Å². The van der Waals surface area contributed by atoms with Crippen LogP contribution in [0.3, 0.4) is 0 Å². The summed E-state index contributed by atoms with van der Waals surface area (Å²) in [4.78, 5) is 23.2. The Kier molecular flexibility index (Phi) is 6.14. The Morgan fingerprint density at radius 2 is 1.75 bits per heavy atom. The lowest BCUT2D eigenvalue weighted by Gasteiger charge is -2.06. The fourth-order valence-corrected chi connectivity index (χ4v) is 2.55. The number of hydrogen-bond donors (Lipinski definition) is 2. The lowest BCUT2D eigenvalue weighted by Crippen LogP contribution is -2.15. The molecule has 0 heterocycles. The molecule has 0 spiro atoms. The molecule has 2 aromatic carbocycles. The van der Waals surface area contributed by atoms with Gasteiger partial charge in [-0.3, -0.25) is 4.79 Å². The molecule has 1 amide bonds. The van der Waals surface area contributed by atoms with E-state index in [1.165, 1.54) is 30.3 Å². The monoisotopic (exact) mass is 345 g/mol. The number of halogens is 1. The number of benzene rings is 2. The minimum Gasteiger partial charge on any atom is -0.477 e. The van der Waals surface area contributed by atoms with Crippen LogP contribution >= 0.6 is 11.8 Å². The van der Waals surface area contributed by atoms with Crippen molar-refractivity contribution in [2.75, 3.05) is 11.1 Å². The first-order valence-electron chi connectivity index (χ1n) is 7.14. The van der Waals surface area contributed by atoms with Gasteiger partial charge in [-0.15, -0.1) is 11.8 Å². The van der Waals surface area contributed by atoms with Gasteiger partial charge in [-0.1, -0.05) is 29.8 Å². The maximum Gasteiger partial charge on any atom is 0.342 e. The molecule has 2 rings (SSSR count). The smallest absolute Gasteiger partial charge is 0.342 e. The van der Waals surface area contributed by atoms with Gasteiger partial charge in [0.2, 0.25) is 5.91 Å². The van der Waals surface area contributed by atoms with Crippen LogP contribution in [0.4, 0.5) is 10.1 Å². The molecule has 0 bridgehead atoms. The first-order chi connectivity index (χ1) is 11.4. The number of anilines is 1. The van der Waals surface area contributed by atoms with Crippen molar-refractivity contribution in [3.8, 4) is 0 Å². The quantitative estimate of drug-likeness (QED) is 0.779. The molecular formula is C18H16FNO3S. The third-order valence-corrected chi connectivity index (χ3v) is 4.08. The highest BCUT2D eigenvalue weighted by Gasteiger charge is 2.11. The summed E-state index contributed by atoms with van der Waals surface area (Å²) in [6.07, 6.45) is 1.41. The summed E-state index contributed by atoms with van der Waals surface area (Å²) < 4.78 is 12.9. The second-order valence-corrected chi connectivity index (χ2v) is 6.09. The minimum atomic E-state index is -1.13. The molecule has 0 unspecified atom stereocenters. The molecule has 6 heteroatoms. The Balaban J connectivity index is 1.98. The van der Waals surface area contributed by atoms with Gasteiger partial charge in [-0.05, 0) is 42.8 Å². The number of rotatable bonds is 6. The second kappa shape index (κ2) is 8.31. The number of amides is 1. The Morgan fingerprint density at radius 3 is 2.33 bits per heavy atom. The number of carbonyl (C=O) groups is 2. The zero-order valence-electron chi connectivity index (χ0n) is 13.0. The van der Waals surface area contributed by atoms with Crippen molar-refractivity contribution >= 4 is 35.4 Å². The molecule has 0 saturated heterocycles. The molecule has 2 N–H and O–H groups in total. The van der Waals surface area contributed by atoms with Crippen LogP contribution in [0, 0.1) is 12.7 Å². The Bertz CT molecular complexity index is 755. The second-order valence-electron chi connectivity index (χ2n) is 5.07. The van der Waals surface area contributed by atoms with Crippen molar-refractivity contribution in [1.29, 1.82) is 0 Å². The first kappa shape index (κ1) is 17.7. The zero-order valence-corrected chi connectivity index (χ0v) is 13.8. The number of nitrogens with one attached hydrogen (secondary N) is 1. The highest BCUT2D eigenvalue weighted by atomic mass is 32.2. The number of aryl methyl sites for hydroxylation is 1.